The minimum atomic E-state index is -0.954. The number of methoxy groups -OCH3 is 1. The van der Waals surface area contributed by atoms with E-state index in [-0.39, 0.29) is 5.57 Å². The lowest BCUT2D eigenvalue weighted by Gasteiger charge is -2.11. The molecule has 0 unspecified atom stereocenters. The third kappa shape index (κ3) is 4.86. The number of hydrogen-bond donors (Lipinski definition) is 1. The predicted octanol–water partition coefficient (Wildman–Crippen LogP) is 4.95. The zero-order valence-corrected chi connectivity index (χ0v) is 14.8. The van der Waals surface area contributed by atoms with E-state index < -0.39 is 5.97 Å². The van der Waals surface area contributed by atoms with Crippen LogP contribution in [0.3, 0.4) is 0 Å². The molecule has 0 saturated carbocycles. The maximum Gasteiger partial charge on any atom is 0.337 e. The summed E-state index contributed by atoms with van der Waals surface area (Å²) in [5, 5.41) is 11.4. The minimum Gasteiger partial charge on any atom is -0.497 e. The monoisotopic (exact) mass is 346 g/mol. The minimum absolute atomic E-state index is 0.258. The van der Waals surface area contributed by atoms with Gasteiger partial charge >= 0.3 is 5.97 Å². The van der Waals surface area contributed by atoms with Crippen LogP contribution in [0.1, 0.15) is 36.6 Å². The van der Waals surface area contributed by atoms with Crippen molar-refractivity contribution in [3.8, 4) is 11.5 Å². The van der Waals surface area contributed by atoms with Crippen molar-refractivity contribution in [2.75, 3.05) is 13.7 Å². The fraction of sp³-hybridized carbons (Fsp3) is 0.316. The molecule has 24 heavy (non-hydrogen) atoms. The highest BCUT2D eigenvalue weighted by molar-refractivity contribution is 7.11. The molecule has 0 aliphatic rings. The van der Waals surface area contributed by atoms with Crippen molar-refractivity contribution in [3.63, 3.8) is 0 Å². The number of carboxylic acids is 1. The van der Waals surface area contributed by atoms with Crippen LogP contribution in [-0.2, 0) is 4.79 Å². The first kappa shape index (κ1) is 18.1. The maximum atomic E-state index is 11.6. The lowest BCUT2D eigenvalue weighted by Crippen LogP contribution is -2.01. The summed E-state index contributed by atoms with van der Waals surface area (Å²) in [5.41, 5.74) is 0.992. The normalized spacial score (nSPS) is 11.3. The Bertz CT molecular complexity index is 689. The number of carboxylic acid groups (broad SMARTS) is 1. The number of aliphatic carboxylic acids is 1. The highest BCUT2D eigenvalue weighted by Gasteiger charge is 2.13. The molecule has 0 aliphatic heterocycles. The molecular weight excluding hydrogens is 324 g/mol. The number of ether oxygens (including phenoxy) is 2. The van der Waals surface area contributed by atoms with E-state index in [2.05, 4.69) is 6.92 Å². The number of benzene rings is 1. The van der Waals surface area contributed by atoms with Gasteiger partial charge in [-0.3, -0.25) is 0 Å². The Labute approximate surface area is 146 Å². The second-order valence-corrected chi connectivity index (χ2v) is 6.25. The Morgan fingerprint density at radius 3 is 2.75 bits per heavy atom. The summed E-state index contributed by atoms with van der Waals surface area (Å²) in [4.78, 5) is 12.3. The molecule has 0 spiro atoms. The highest BCUT2D eigenvalue weighted by Crippen LogP contribution is 2.30. The number of carbonyl (C=O) groups is 1. The van der Waals surface area contributed by atoms with Crippen LogP contribution in [-0.4, -0.2) is 24.8 Å². The second kappa shape index (κ2) is 9.13. The molecule has 1 heterocycles. The molecule has 128 valence electrons. The summed E-state index contributed by atoms with van der Waals surface area (Å²) >= 11 is 1.40. The molecule has 4 nitrogen and oxygen atoms in total. The molecule has 1 N–H and O–H groups in total. The highest BCUT2D eigenvalue weighted by atomic mass is 32.1. The van der Waals surface area contributed by atoms with Gasteiger partial charge in [0.1, 0.15) is 11.5 Å². The standard InChI is InChI=1S/C19H22O4S/c1-3-4-5-10-23-17-13-15(22-2)9-8-14(17)12-16(19(20)21)18-7-6-11-24-18/h6-9,11-13H,3-5,10H2,1-2H3,(H,20,21)/b16-12-. The van der Waals surface area contributed by atoms with E-state index >= 15 is 0 Å². The maximum absolute atomic E-state index is 11.6. The van der Waals surface area contributed by atoms with Gasteiger partial charge in [0, 0.05) is 16.5 Å². The lowest BCUT2D eigenvalue weighted by molar-refractivity contribution is -0.130. The van der Waals surface area contributed by atoms with Crippen LogP contribution in [0.25, 0.3) is 11.6 Å². The van der Waals surface area contributed by atoms with Crippen LogP contribution in [0.2, 0.25) is 0 Å². The molecule has 5 heteroatoms. The number of rotatable bonds is 9. The molecule has 0 saturated heterocycles. The first-order valence-electron chi connectivity index (χ1n) is 7.95. The van der Waals surface area contributed by atoms with Crippen LogP contribution in [0.5, 0.6) is 11.5 Å². The number of unbranched alkanes of at least 4 members (excludes halogenated alkanes) is 2. The van der Waals surface area contributed by atoms with Gasteiger partial charge in [-0.25, -0.2) is 4.79 Å². The fourth-order valence-corrected chi connectivity index (χ4v) is 2.98. The molecule has 2 aromatic rings. The lowest BCUT2D eigenvalue weighted by atomic mass is 10.1. The van der Waals surface area contributed by atoms with Crippen molar-refractivity contribution < 1.29 is 19.4 Å². The van der Waals surface area contributed by atoms with Crippen molar-refractivity contribution in [2.45, 2.75) is 26.2 Å². The van der Waals surface area contributed by atoms with Gasteiger partial charge in [-0.15, -0.1) is 11.3 Å². The summed E-state index contributed by atoms with van der Waals surface area (Å²) in [6, 6.07) is 9.07. The Hall–Kier alpha value is -2.27. The van der Waals surface area contributed by atoms with Gasteiger partial charge in [-0.2, -0.15) is 0 Å². The van der Waals surface area contributed by atoms with Crippen LogP contribution in [0.15, 0.2) is 35.7 Å². The summed E-state index contributed by atoms with van der Waals surface area (Å²) in [6.07, 6.45) is 4.84. The molecular formula is C19H22O4S. The van der Waals surface area contributed by atoms with Gasteiger partial charge in [-0.05, 0) is 36.1 Å². The van der Waals surface area contributed by atoms with Crippen molar-refractivity contribution in [1.29, 1.82) is 0 Å². The number of thiophene rings is 1. The van der Waals surface area contributed by atoms with Crippen LogP contribution in [0.4, 0.5) is 0 Å². The van der Waals surface area contributed by atoms with Gasteiger partial charge in [0.15, 0.2) is 0 Å². The summed E-state index contributed by atoms with van der Waals surface area (Å²) < 4.78 is 11.1. The van der Waals surface area contributed by atoms with Crippen molar-refractivity contribution >= 4 is 29.0 Å². The van der Waals surface area contributed by atoms with Crippen LogP contribution >= 0.6 is 11.3 Å². The number of hydrogen-bond acceptors (Lipinski definition) is 4. The first-order chi connectivity index (χ1) is 11.7. The molecule has 0 amide bonds. The summed E-state index contributed by atoms with van der Waals surface area (Å²) in [6.45, 7) is 2.74. The van der Waals surface area contributed by atoms with Gasteiger partial charge < -0.3 is 14.6 Å². The van der Waals surface area contributed by atoms with E-state index in [0.717, 1.165) is 29.7 Å². The van der Waals surface area contributed by atoms with Gasteiger partial charge in [0.05, 0.1) is 19.3 Å². The van der Waals surface area contributed by atoms with Crippen molar-refractivity contribution in [3.05, 3.63) is 46.2 Å². The average molecular weight is 346 g/mol. The Kier molecular flexibility index (Phi) is 6.88. The van der Waals surface area contributed by atoms with E-state index in [9.17, 15) is 9.90 Å². The molecule has 0 aliphatic carbocycles. The third-order valence-corrected chi connectivity index (χ3v) is 4.45. The quantitative estimate of drug-likeness (QED) is 0.515. The van der Waals surface area contributed by atoms with E-state index in [4.69, 9.17) is 9.47 Å². The van der Waals surface area contributed by atoms with E-state index in [1.165, 1.54) is 11.3 Å². The summed E-state index contributed by atoms with van der Waals surface area (Å²) in [7, 11) is 1.60. The Balaban J connectivity index is 2.33. The Morgan fingerprint density at radius 1 is 1.29 bits per heavy atom. The zero-order valence-electron chi connectivity index (χ0n) is 14.0. The molecule has 0 bridgehead atoms. The van der Waals surface area contributed by atoms with E-state index in [1.54, 1.807) is 31.4 Å². The summed E-state index contributed by atoms with van der Waals surface area (Å²) in [5.74, 6) is 0.372. The van der Waals surface area contributed by atoms with Gasteiger partial charge in [0.2, 0.25) is 0 Å². The van der Waals surface area contributed by atoms with Crippen molar-refractivity contribution in [2.24, 2.45) is 0 Å². The third-order valence-electron chi connectivity index (χ3n) is 3.54. The molecule has 2 rings (SSSR count). The SMILES string of the molecule is CCCCCOc1cc(OC)ccc1/C=C(\C(=O)O)c1cccs1. The zero-order chi connectivity index (χ0) is 17.4. The van der Waals surface area contributed by atoms with Crippen LogP contribution < -0.4 is 9.47 Å². The predicted molar refractivity (Wildman–Crippen MR) is 97.8 cm³/mol. The molecule has 0 atom stereocenters. The Morgan fingerprint density at radius 2 is 2.12 bits per heavy atom. The molecule has 1 aromatic heterocycles. The average Bonchev–Trinajstić information content (AvgIpc) is 3.11. The fourth-order valence-electron chi connectivity index (χ4n) is 2.25. The largest absolute Gasteiger partial charge is 0.497 e. The van der Waals surface area contributed by atoms with Crippen molar-refractivity contribution in [1.82, 2.24) is 0 Å². The molecule has 0 fully saturated rings. The van der Waals surface area contributed by atoms with Gasteiger partial charge in [-0.1, -0.05) is 25.8 Å². The van der Waals surface area contributed by atoms with E-state index in [0.29, 0.717) is 18.1 Å². The van der Waals surface area contributed by atoms with Crippen LogP contribution in [0, 0.1) is 0 Å². The molecule has 0 radical (unpaired) electrons. The van der Waals surface area contributed by atoms with E-state index in [1.807, 2.05) is 17.5 Å². The smallest absolute Gasteiger partial charge is 0.337 e. The first-order valence-corrected chi connectivity index (χ1v) is 8.83. The molecule has 1 aromatic carbocycles. The van der Waals surface area contributed by atoms with Gasteiger partial charge in [0.25, 0.3) is 0 Å². The topological polar surface area (TPSA) is 55.8 Å². The second-order valence-electron chi connectivity index (χ2n) is 5.30.